The van der Waals surface area contributed by atoms with E-state index in [4.69, 9.17) is 17.4 Å². The zero-order valence-corrected chi connectivity index (χ0v) is 23.3. The number of nitrogens with zero attached hydrogens (tertiary/aromatic N) is 4. The molecule has 0 atom stereocenters. The topological polar surface area (TPSA) is 84.3 Å². The molecule has 8 heteroatoms. The Morgan fingerprint density at radius 1 is 1.12 bits per heavy atom. The first-order chi connectivity index (χ1) is 20.3. The number of nitrogens with one attached hydrogen (secondary N) is 2. The molecule has 7 rings (SSSR count). The molecule has 0 bridgehead atoms. The van der Waals surface area contributed by atoms with Gasteiger partial charge < -0.3 is 24.8 Å². The van der Waals surface area contributed by atoms with E-state index in [-0.39, 0.29) is 11.8 Å². The summed E-state index contributed by atoms with van der Waals surface area (Å²) in [6, 6.07) is 9.98. The lowest BCUT2D eigenvalue weighted by Gasteiger charge is -2.25. The molecule has 3 aromatic heterocycles. The van der Waals surface area contributed by atoms with E-state index >= 15 is 0 Å². The van der Waals surface area contributed by atoms with Gasteiger partial charge in [-0.2, -0.15) is 0 Å². The number of aryl methyl sites for hydroxylation is 2. The zero-order chi connectivity index (χ0) is 29.2. The molecule has 0 unspecified atom stereocenters. The Morgan fingerprint density at radius 3 is 2.80 bits per heavy atom. The highest BCUT2D eigenvalue weighted by Gasteiger charge is 2.29. The van der Waals surface area contributed by atoms with Crippen molar-refractivity contribution in [3.63, 3.8) is 0 Å². The van der Waals surface area contributed by atoms with Crippen molar-refractivity contribution in [2.24, 2.45) is 7.05 Å². The third-order valence-corrected chi connectivity index (χ3v) is 8.58. The number of anilines is 2. The van der Waals surface area contributed by atoms with Gasteiger partial charge in [0, 0.05) is 53.3 Å². The van der Waals surface area contributed by atoms with E-state index in [1.807, 2.05) is 24.4 Å². The Bertz CT molecular complexity index is 1720. The van der Waals surface area contributed by atoms with Gasteiger partial charge in [0.05, 0.1) is 16.9 Å². The summed E-state index contributed by atoms with van der Waals surface area (Å²) in [5, 5.41) is 7.60. The second-order valence-corrected chi connectivity index (χ2v) is 11.2. The largest absolute Gasteiger partial charge is 0.381 e. The normalized spacial score (nSPS) is 18.1. The smallest absolute Gasteiger partial charge is 0.254 e. The molecule has 2 aliphatic heterocycles. The van der Waals surface area contributed by atoms with E-state index in [2.05, 4.69) is 34.4 Å². The lowest BCUT2D eigenvalue weighted by Crippen LogP contribution is -2.19. The van der Waals surface area contributed by atoms with Gasteiger partial charge in [0.1, 0.15) is 11.5 Å². The predicted octanol–water partition coefficient (Wildman–Crippen LogP) is 5.07. The number of carbonyl (C=O) groups excluding carboxylic acids is 1. The number of amides is 1. The number of ether oxygens (including phenoxy) is 1. The fourth-order valence-electron chi connectivity index (χ4n) is 6.74. The van der Waals surface area contributed by atoms with Gasteiger partial charge in [-0.3, -0.25) is 4.79 Å². The van der Waals surface area contributed by atoms with Crippen LogP contribution in [0.1, 0.15) is 66.4 Å². The summed E-state index contributed by atoms with van der Waals surface area (Å²) in [5.41, 5.74) is 9.41. The van der Waals surface area contributed by atoms with Gasteiger partial charge >= 0.3 is 0 Å². The molecule has 4 aromatic rings. The van der Waals surface area contributed by atoms with Gasteiger partial charge in [-0.05, 0) is 98.1 Å². The van der Waals surface area contributed by atoms with Crippen LogP contribution in [-0.2, 0) is 37.7 Å². The number of pyridine rings is 2. The van der Waals surface area contributed by atoms with Gasteiger partial charge in [0.15, 0.2) is 0 Å². The summed E-state index contributed by atoms with van der Waals surface area (Å²) in [5.74, 6) is 0.574. The molecule has 1 aromatic carbocycles. The molecule has 206 valence electrons. The minimum atomic E-state index is -1.77. The average Bonchev–Trinajstić information content (AvgIpc) is 3.70. The molecule has 0 spiro atoms. The summed E-state index contributed by atoms with van der Waals surface area (Å²) >= 11 is 0. The summed E-state index contributed by atoms with van der Waals surface area (Å²) < 4.78 is 25.5. The van der Waals surface area contributed by atoms with E-state index in [0.717, 1.165) is 60.0 Å². The van der Waals surface area contributed by atoms with Crippen LogP contribution in [0.4, 0.5) is 11.5 Å². The second kappa shape index (κ2) is 10.0. The number of carbonyl (C=O) groups is 1. The Balaban J connectivity index is 1.31. The maximum Gasteiger partial charge on any atom is 0.254 e. The van der Waals surface area contributed by atoms with Crippen LogP contribution in [0.3, 0.4) is 0 Å². The van der Waals surface area contributed by atoms with Crippen molar-refractivity contribution < 1.29 is 12.3 Å². The molecule has 0 saturated carbocycles. The minimum absolute atomic E-state index is 0.124. The molecule has 0 radical (unpaired) electrons. The van der Waals surface area contributed by atoms with Crippen LogP contribution in [0.25, 0.3) is 22.2 Å². The minimum Gasteiger partial charge on any atom is -0.381 e. The van der Waals surface area contributed by atoms with Gasteiger partial charge in [0.2, 0.25) is 0 Å². The predicted molar refractivity (Wildman–Crippen MR) is 157 cm³/mol. The summed E-state index contributed by atoms with van der Waals surface area (Å²) in [4.78, 5) is 24.3. The van der Waals surface area contributed by atoms with E-state index in [9.17, 15) is 4.79 Å². The molecule has 2 N–H and O–H groups in total. The molecular formula is C32H36N6O2. The van der Waals surface area contributed by atoms with Crippen LogP contribution in [0.5, 0.6) is 0 Å². The average molecular weight is 539 g/mol. The van der Waals surface area contributed by atoms with Crippen LogP contribution in [-0.4, -0.2) is 52.7 Å². The zero-order valence-electron chi connectivity index (χ0n) is 25.3. The summed E-state index contributed by atoms with van der Waals surface area (Å²) in [7, 11) is 5.55. The van der Waals surface area contributed by atoms with Crippen molar-refractivity contribution >= 4 is 28.4 Å². The van der Waals surface area contributed by atoms with Crippen molar-refractivity contribution in [3.8, 4) is 11.1 Å². The first-order valence-corrected chi connectivity index (χ1v) is 14.2. The molecule has 1 saturated heterocycles. The van der Waals surface area contributed by atoms with Gasteiger partial charge in [-0.25, -0.2) is 9.97 Å². The quantitative estimate of drug-likeness (QED) is 0.357. The number of rotatable bonds is 6. The monoisotopic (exact) mass is 538 g/mol. The first-order valence-electron chi connectivity index (χ1n) is 15.2. The number of hydrogen-bond donors (Lipinski definition) is 2. The first kappa shape index (κ1) is 23.0. The molecule has 40 heavy (non-hydrogen) atoms. The maximum atomic E-state index is 13.2. The second-order valence-electron chi connectivity index (χ2n) is 11.2. The van der Waals surface area contributed by atoms with E-state index in [1.54, 1.807) is 19.0 Å². The Kier molecular flexibility index (Phi) is 5.76. The molecule has 5 heterocycles. The molecule has 1 aliphatic carbocycles. The Morgan fingerprint density at radius 2 is 1.98 bits per heavy atom. The summed E-state index contributed by atoms with van der Waals surface area (Å²) in [6.45, 7) is 0.00997. The van der Waals surface area contributed by atoms with Crippen LogP contribution in [0, 0.1) is 0 Å². The number of hydrogen-bond acceptors (Lipinski definition) is 6. The standard InChI is InChI=1S/C32H36N6O2/c1-37(2)18-26-20(19-12-15-40-16-13-19)8-10-28(36-26)35-25-9-7-21(24-17-34-32(39)30(24)25)22-11-14-33-31-29(22)23-5-4-6-27(23)38(31)3/h7-11,14,19H,4-6,12-13,15-18H2,1-3H3,(H,34,39)(H,35,36)/i18D2. The van der Waals surface area contributed by atoms with Gasteiger partial charge in [-0.15, -0.1) is 0 Å². The van der Waals surface area contributed by atoms with E-state index < -0.39 is 6.50 Å². The third kappa shape index (κ3) is 4.17. The number of benzene rings is 1. The van der Waals surface area contributed by atoms with Crippen molar-refractivity contribution in [2.75, 3.05) is 32.6 Å². The Hall–Kier alpha value is -3.75. The fourth-order valence-corrected chi connectivity index (χ4v) is 6.74. The van der Waals surface area contributed by atoms with Gasteiger partial charge in [-0.1, -0.05) is 12.1 Å². The van der Waals surface area contributed by atoms with Crippen molar-refractivity contribution in [1.29, 1.82) is 0 Å². The molecular weight excluding hydrogens is 500 g/mol. The van der Waals surface area contributed by atoms with Crippen LogP contribution < -0.4 is 10.6 Å². The van der Waals surface area contributed by atoms with Crippen LogP contribution in [0.15, 0.2) is 36.5 Å². The SMILES string of the molecule is [2H]C([2H])(c1nc(Nc2ccc(-c3ccnc4c3c3c(n4C)CCC3)c3c2C(=O)NC3)ccc1C1CCOCC1)N(C)C. The van der Waals surface area contributed by atoms with Crippen molar-refractivity contribution in [3.05, 3.63) is 70.2 Å². The number of fused-ring (bicyclic) bond motifs is 4. The maximum absolute atomic E-state index is 13.2. The molecule has 3 aliphatic rings. The third-order valence-electron chi connectivity index (χ3n) is 8.58. The molecule has 1 amide bonds. The number of aromatic nitrogens is 3. The van der Waals surface area contributed by atoms with Crippen LogP contribution >= 0.6 is 0 Å². The Labute approximate surface area is 237 Å². The lowest BCUT2D eigenvalue weighted by atomic mass is 9.90. The highest BCUT2D eigenvalue weighted by molar-refractivity contribution is 6.08. The lowest BCUT2D eigenvalue weighted by molar-refractivity contribution is 0.0849. The molecule has 8 nitrogen and oxygen atoms in total. The van der Waals surface area contributed by atoms with Crippen LogP contribution in [0.2, 0.25) is 0 Å². The van der Waals surface area contributed by atoms with Crippen molar-refractivity contribution in [2.45, 2.75) is 51.1 Å². The van der Waals surface area contributed by atoms with Crippen molar-refractivity contribution in [1.82, 2.24) is 24.8 Å². The van der Waals surface area contributed by atoms with E-state index in [1.165, 1.54) is 16.6 Å². The van der Waals surface area contributed by atoms with E-state index in [0.29, 0.717) is 42.5 Å². The highest BCUT2D eigenvalue weighted by atomic mass is 16.5. The highest BCUT2D eigenvalue weighted by Crippen LogP contribution is 2.42. The van der Waals surface area contributed by atoms with Gasteiger partial charge in [0.25, 0.3) is 5.91 Å². The summed E-state index contributed by atoms with van der Waals surface area (Å²) in [6.07, 6.45) is 6.80. The fraction of sp³-hybridized carbons (Fsp3) is 0.406. The molecule has 1 fully saturated rings.